The molecule has 2 amide bonds. The predicted molar refractivity (Wildman–Crippen MR) is 113 cm³/mol. The van der Waals surface area contributed by atoms with E-state index in [0.717, 1.165) is 15.8 Å². The molecule has 1 N–H and O–H groups in total. The molecular weight excluding hydrogens is 390 g/mol. The lowest BCUT2D eigenvalue weighted by Crippen LogP contribution is -2.28. The molecule has 0 unspecified atom stereocenters. The standard InChI is InChI=1S/C21H21N3O4S/c1-12-4-6-15-18(8-12)29-21(22-15)23-20(26)13-9-19(25)24(11-13)16-10-14(27-2)5-7-17(16)28-3/h4-8,10,13H,9,11H2,1-3H3,(H,22,23,26)/t13-/m0/s1. The summed E-state index contributed by atoms with van der Waals surface area (Å²) >= 11 is 1.43. The number of nitrogens with one attached hydrogen (secondary N) is 1. The number of ether oxygens (including phenoxy) is 2. The van der Waals surface area contributed by atoms with Crippen molar-refractivity contribution in [1.82, 2.24) is 4.98 Å². The molecule has 4 rings (SSSR count). The Balaban J connectivity index is 1.52. The van der Waals surface area contributed by atoms with Crippen LogP contribution in [0.5, 0.6) is 11.5 Å². The van der Waals surface area contributed by atoms with Crippen molar-refractivity contribution in [2.45, 2.75) is 13.3 Å². The average Bonchev–Trinajstić information content (AvgIpc) is 3.29. The second-order valence-electron chi connectivity index (χ2n) is 6.92. The highest BCUT2D eigenvalue weighted by molar-refractivity contribution is 7.22. The Bertz CT molecular complexity index is 1090. The topological polar surface area (TPSA) is 80.8 Å². The van der Waals surface area contributed by atoms with E-state index in [1.54, 1.807) is 37.3 Å². The van der Waals surface area contributed by atoms with E-state index in [9.17, 15) is 9.59 Å². The van der Waals surface area contributed by atoms with Crippen molar-refractivity contribution in [3.05, 3.63) is 42.0 Å². The summed E-state index contributed by atoms with van der Waals surface area (Å²) in [6.45, 7) is 2.29. The Labute approximate surface area is 172 Å². The molecule has 1 aliphatic rings. The van der Waals surface area contributed by atoms with E-state index in [4.69, 9.17) is 9.47 Å². The number of benzene rings is 2. The van der Waals surface area contributed by atoms with Crippen LogP contribution in [0.25, 0.3) is 10.2 Å². The number of carbonyl (C=O) groups is 2. The van der Waals surface area contributed by atoms with E-state index in [1.807, 2.05) is 25.1 Å². The maximum absolute atomic E-state index is 12.8. The first kappa shape index (κ1) is 19.2. The summed E-state index contributed by atoms with van der Waals surface area (Å²) in [5.41, 5.74) is 2.59. The summed E-state index contributed by atoms with van der Waals surface area (Å²) in [6, 6.07) is 11.2. The highest BCUT2D eigenvalue weighted by atomic mass is 32.1. The van der Waals surface area contributed by atoms with Crippen molar-refractivity contribution in [2.24, 2.45) is 5.92 Å². The molecule has 0 bridgehead atoms. The van der Waals surface area contributed by atoms with Gasteiger partial charge in [-0.1, -0.05) is 17.4 Å². The van der Waals surface area contributed by atoms with Crippen LogP contribution in [0.4, 0.5) is 10.8 Å². The van der Waals surface area contributed by atoms with Gasteiger partial charge >= 0.3 is 0 Å². The molecule has 1 atom stereocenters. The van der Waals surface area contributed by atoms with Crippen LogP contribution < -0.4 is 19.7 Å². The van der Waals surface area contributed by atoms with Crippen LogP contribution in [-0.2, 0) is 9.59 Å². The van der Waals surface area contributed by atoms with Crippen molar-refractivity contribution in [1.29, 1.82) is 0 Å². The van der Waals surface area contributed by atoms with E-state index in [-0.39, 0.29) is 24.8 Å². The van der Waals surface area contributed by atoms with Crippen LogP contribution in [0.3, 0.4) is 0 Å². The van der Waals surface area contributed by atoms with Gasteiger partial charge in [-0.15, -0.1) is 0 Å². The van der Waals surface area contributed by atoms with Crippen LogP contribution in [0.1, 0.15) is 12.0 Å². The van der Waals surface area contributed by atoms with Gasteiger partial charge in [0, 0.05) is 19.0 Å². The number of anilines is 2. The molecule has 8 heteroatoms. The number of aryl methyl sites for hydroxylation is 1. The van der Waals surface area contributed by atoms with Crippen LogP contribution in [0.15, 0.2) is 36.4 Å². The lowest BCUT2D eigenvalue weighted by atomic mass is 10.1. The lowest BCUT2D eigenvalue weighted by Gasteiger charge is -2.20. The van der Waals surface area contributed by atoms with Crippen molar-refractivity contribution < 1.29 is 19.1 Å². The molecule has 0 spiro atoms. The van der Waals surface area contributed by atoms with Crippen LogP contribution in [0, 0.1) is 12.8 Å². The van der Waals surface area contributed by atoms with Crippen LogP contribution in [-0.4, -0.2) is 37.6 Å². The number of carbonyl (C=O) groups excluding carboxylic acids is 2. The highest BCUT2D eigenvalue weighted by Crippen LogP contribution is 2.36. The third kappa shape index (κ3) is 3.75. The SMILES string of the molecule is COc1ccc(OC)c(N2C[C@@H](C(=O)Nc3nc4ccc(C)cc4s3)CC2=O)c1. The van der Waals surface area contributed by atoms with Gasteiger partial charge < -0.3 is 19.7 Å². The summed E-state index contributed by atoms with van der Waals surface area (Å²) in [5, 5.41) is 3.41. The maximum Gasteiger partial charge on any atom is 0.231 e. The van der Waals surface area contributed by atoms with Gasteiger partial charge in [-0.2, -0.15) is 0 Å². The smallest absolute Gasteiger partial charge is 0.231 e. The van der Waals surface area contributed by atoms with E-state index in [2.05, 4.69) is 10.3 Å². The number of rotatable bonds is 5. The number of aromatic nitrogens is 1. The second kappa shape index (κ2) is 7.71. The minimum atomic E-state index is -0.466. The Morgan fingerprint density at radius 2 is 2.03 bits per heavy atom. The summed E-state index contributed by atoms with van der Waals surface area (Å²) in [4.78, 5) is 31.4. The molecule has 0 aliphatic carbocycles. The Kier molecular flexibility index (Phi) is 5.10. The molecule has 150 valence electrons. The summed E-state index contributed by atoms with van der Waals surface area (Å²) < 4.78 is 11.7. The Morgan fingerprint density at radius 3 is 2.79 bits per heavy atom. The number of methoxy groups -OCH3 is 2. The average molecular weight is 411 g/mol. The Hall–Kier alpha value is -3.13. The van der Waals surface area contributed by atoms with Crippen molar-refractivity contribution in [3.8, 4) is 11.5 Å². The van der Waals surface area contributed by atoms with Gasteiger partial charge in [0.15, 0.2) is 5.13 Å². The van der Waals surface area contributed by atoms with Gasteiger partial charge in [0.05, 0.1) is 36.0 Å². The first-order valence-electron chi connectivity index (χ1n) is 9.19. The molecule has 1 fully saturated rings. The van der Waals surface area contributed by atoms with Gasteiger partial charge in [0.1, 0.15) is 11.5 Å². The van der Waals surface area contributed by atoms with Gasteiger partial charge in [-0.3, -0.25) is 9.59 Å². The van der Waals surface area contributed by atoms with Crippen molar-refractivity contribution in [3.63, 3.8) is 0 Å². The molecular formula is C21H21N3O4S. The lowest BCUT2D eigenvalue weighted by molar-refractivity contribution is -0.122. The molecule has 3 aromatic rings. The van der Waals surface area contributed by atoms with Gasteiger partial charge in [-0.05, 0) is 36.8 Å². The van der Waals surface area contributed by atoms with Crippen LogP contribution in [0.2, 0.25) is 0 Å². The van der Waals surface area contributed by atoms with E-state index in [0.29, 0.717) is 22.3 Å². The number of nitrogens with zero attached hydrogens (tertiary/aromatic N) is 2. The van der Waals surface area contributed by atoms with E-state index < -0.39 is 5.92 Å². The largest absolute Gasteiger partial charge is 0.497 e. The second-order valence-corrected chi connectivity index (χ2v) is 7.95. The quantitative estimate of drug-likeness (QED) is 0.694. The van der Waals surface area contributed by atoms with Gasteiger partial charge in [0.25, 0.3) is 0 Å². The monoisotopic (exact) mass is 411 g/mol. The number of hydrogen-bond acceptors (Lipinski definition) is 6. The van der Waals surface area contributed by atoms with E-state index in [1.165, 1.54) is 11.3 Å². The minimum Gasteiger partial charge on any atom is -0.497 e. The zero-order valence-electron chi connectivity index (χ0n) is 16.4. The molecule has 0 saturated carbocycles. The molecule has 1 aromatic heterocycles. The van der Waals surface area contributed by atoms with E-state index >= 15 is 0 Å². The van der Waals surface area contributed by atoms with Crippen molar-refractivity contribution in [2.75, 3.05) is 31.0 Å². The predicted octanol–water partition coefficient (Wildman–Crippen LogP) is 3.61. The Morgan fingerprint density at radius 1 is 1.21 bits per heavy atom. The first-order chi connectivity index (χ1) is 14.0. The van der Waals surface area contributed by atoms with Gasteiger partial charge in [-0.25, -0.2) is 4.98 Å². The molecule has 7 nitrogen and oxygen atoms in total. The fourth-order valence-corrected chi connectivity index (χ4v) is 4.38. The first-order valence-corrected chi connectivity index (χ1v) is 10.0. The third-order valence-electron chi connectivity index (χ3n) is 4.95. The molecule has 1 aliphatic heterocycles. The van der Waals surface area contributed by atoms with Crippen molar-refractivity contribution >= 4 is 44.2 Å². The maximum atomic E-state index is 12.8. The zero-order valence-corrected chi connectivity index (χ0v) is 17.2. The molecule has 2 aromatic carbocycles. The summed E-state index contributed by atoms with van der Waals surface area (Å²) in [5.74, 6) is 0.371. The number of fused-ring (bicyclic) bond motifs is 1. The minimum absolute atomic E-state index is 0.128. The fourth-order valence-electron chi connectivity index (χ4n) is 3.42. The normalized spacial score (nSPS) is 16.3. The third-order valence-corrected chi connectivity index (χ3v) is 5.88. The number of hydrogen-bond donors (Lipinski definition) is 1. The number of amides is 2. The zero-order chi connectivity index (χ0) is 20.5. The fraction of sp³-hybridized carbons (Fsp3) is 0.286. The highest BCUT2D eigenvalue weighted by Gasteiger charge is 2.36. The molecule has 29 heavy (non-hydrogen) atoms. The summed E-state index contributed by atoms with van der Waals surface area (Å²) in [7, 11) is 3.11. The van der Waals surface area contributed by atoms with Crippen LogP contribution >= 0.6 is 11.3 Å². The summed E-state index contributed by atoms with van der Waals surface area (Å²) in [6.07, 6.45) is 0.135. The molecule has 0 radical (unpaired) electrons. The van der Waals surface area contributed by atoms with Gasteiger partial charge in [0.2, 0.25) is 11.8 Å². The molecule has 1 saturated heterocycles. The number of thiazole rings is 1. The molecule has 2 heterocycles.